The van der Waals surface area contributed by atoms with Crippen molar-refractivity contribution >= 4 is 8.80 Å². The van der Waals surface area contributed by atoms with Gasteiger partial charge >= 0.3 is 8.80 Å². The van der Waals surface area contributed by atoms with Crippen LogP contribution in [0.25, 0.3) is 0 Å². The summed E-state index contributed by atoms with van der Waals surface area (Å²) >= 11 is 0. The van der Waals surface area contributed by atoms with Gasteiger partial charge in [-0.25, -0.2) is 0 Å². The predicted molar refractivity (Wildman–Crippen MR) is 56.2 cm³/mol. The Labute approximate surface area is 86.9 Å². The van der Waals surface area contributed by atoms with E-state index in [-0.39, 0.29) is 6.61 Å². The first-order valence-corrected chi connectivity index (χ1v) is 6.52. The Hall–Kier alpha value is 0.0169. The summed E-state index contributed by atoms with van der Waals surface area (Å²) in [6, 6.07) is 0.729. The maximum absolute atomic E-state index is 8.71. The molecule has 0 radical (unpaired) electrons. The minimum absolute atomic E-state index is 0.165. The van der Waals surface area contributed by atoms with Gasteiger partial charge < -0.3 is 23.3 Å². The first-order valence-electron chi connectivity index (χ1n) is 4.59. The maximum Gasteiger partial charge on any atom is 0.501 e. The van der Waals surface area contributed by atoms with Crippen molar-refractivity contribution in [2.75, 3.05) is 48.1 Å². The van der Waals surface area contributed by atoms with Gasteiger partial charge in [0, 0.05) is 40.5 Å². The van der Waals surface area contributed by atoms with Crippen LogP contribution in [0, 0.1) is 0 Å². The molecule has 1 N–H and O–H groups in total. The van der Waals surface area contributed by atoms with Gasteiger partial charge in [0.15, 0.2) is 0 Å². The predicted octanol–water partition coefficient (Wildman–Crippen LogP) is -0.211. The monoisotopic (exact) mass is 223 g/mol. The Morgan fingerprint density at radius 2 is 1.57 bits per heavy atom. The summed E-state index contributed by atoms with van der Waals surface area (Å²) in [5.74, 6) is 0. The van der Waals surface area contributed by atoms with Gasteiger partial charge in [-0.05, 0) is 7.05 Å². The largest absolute Gasteiger partial charge is 0.501 e. The van der Waals surface area contributed by atoms with E-state index in [0.29, 0.717) is 6.54 Å². The van der Waals surface area contributed by atoms with Crippen LogP contribution in [0.5, 0.6) is 0 Å². The van der Waals surface area contributed by atoms with Gasteiger partial charge in [-0.3, -0.25) is 0 Å². The lowest BCUT2D eigenvalue weighted by molar-refractivity contribution is 0.118. The van der Waals surface area contributed by atoms with Crippen molar-refractivity contribution in [3.8, 4) is 0 Å². The molecular weight excluding hydrogens is 202 g/mol. The fraction of sp³-hybridized carbons (Fsp3) is 1.00. The van der Waals surface area contributed by atoms with Gasteiger partial charge in [0.2, 0.25) is 0 Å². The van der Waals surface area contributed by atoms with Gasteiger partial charge in [0.1, 0.15) is 0 Å². The number of hydrogen-bond acceptors (Lipinski definition) is 5. The van der Waals surface area contributed by atoms with Crippen LogP contribution in [0.3, 0.4) is 0 Å². The van der Waals surface area contributed by atoms with Crippen LogP contribution >= 0.6 is 0 Å². The molecule has 86 valence electrons. The Morgan fingerprint density at radius 1 is 1.07 bits per heavy atom. The van der Waals surface area contributed by atoms with Gasteiger partial charge in [-0.15, -0.1) is 0 Å². The van der Waals surface area contributed by atoms with E-state index in [1.165, 1.54) is 0 Å². The lowest BCUT2D eigenvalue weighted by atomic mass is 10.5. The van der Waals surface area contributed by atoms with E-state index in [4.69, 9.17) is 18.4 Å². The third-order valence-corrected chi connectivity index (χ3v) is 4.92. The van der Waals surface area contributed by atoms with Crippen molar-refractivity contribution in [2.45, 2.75) is 6.04 Å². The van der Waals surface area contributed by atoms with Crippen molar-refractivity contribution in [3.05, 3.63) is 0 Å². The Kier molecular flexibility index (Phi) is 7.34. The van der Waals surface area contributed by atoms with Crippen LogP contribution in [0.4, 0.5) is 0 Å². The number of aliphatic hydroxyl groups excluding tert-OH is 1. The molecule has 0 saturated carbocycles. The summed E-state index contributed by atoms with van der Waals surface area (Å²) < 4.78 is 15.8. The van der Waals surface area contributed by atoms with Crippen LogP contribution in [-0.2, 0) is 13.3 Å². The van der Waals surface area contributed by atoms with E-state index in [1.807, 2.05) is 11.9 Å². The third-order valence-electron chi connectivity index (χ3n) is 2.21. The van der Waals surface area contributed by atoms with Crippen molar-refractivity contribution in [1.82, 2.24) is 4.90 Å². The summed E-state index contributed by atoms with van der Waals surface area (Å²) in [6.07, 6.45) is 0. The summed E-state index contributed by atoms with van der Waals surface area (Å²) in [7, 11) is 4.32. The molecule has 0 aliphatic heterocycles. The van der Waals surface area contributed by atoms with E-state index in [2.05, 4.69) is 0 Å². The Balaban J connectivity index is 3.92. The molecule has 14 heavy (non-hydrogen) atoms. The minimum atomic E-state index is -2.43. The topological polar surface area (TPSA) is 51.2 Å². The van der Waals surface area contributed by atoms with Crippen molar-refractivity contribution in [1.29, 1.82) is 0 Å². The van der Waals surface area contributed by atoms with Gasteiger partial charge in [-0.1, -0.05) is 0 Å². The third kappa shape index (κ3) is 4.49. The zero-order valence-electron chi connectivity index (χ0n) is 9.45. The van der Waals surface area contributed by atoms with Gasteiger partial charge in [0.25, 0.3) is 0 Å². The van der Waals surface area contributed by atoms with Gasteiger partial charge in [-0.2, -0.15) is 0 Å². The zero-order chi connectivity index (χ0) is 11.0. The van der Waals surface area contributed by atoms with Crippen LogP contribution in [0.2, 0.25) is 6.04 Å². The Morgan fingerprint density at radius 3 is 1.93 bits per heavy atom. The summed E-state index contributed by atoms with van der Waals surface area (Å²) in [6.45, 7) is 1.61. The molecule has 0 heterocycles. The molecular formula is C8H21NO4Si. The molecule has 0 fully saturated rings. The summed E-state index contributed by atoms with van der Waals surface area (Å²) in [4.78, 5) is 2.01. The first-order chi connectivity index (χ1) is 6.64. The van der Waals surface area contributed by atoms with Crippen LogP contribution in [-0.4, -0.2) is 66.9 Å². The lowest BCUT2D eigenvalue weighted by Crippen LogP contribution is -2.45. The molecule has 0 amide bonds. The molecule has 0 aliphatic carbocycles. The molecule has 0 bridgehead atoms. The molecule has 6 heteroatoms. The van der Waals surface area contributed by atoms with Crippen molar-refractivity contribution in [2.24, 2.45) is 0 Å². The fourth-order valence-electron chi connectivity index (χ4n) is 1.17. The molecule has 0 aromatic carbocycles. The van der Waals surface area contributed by atoms with Crippen molar-refractivity contribution in [3.63, 3.8) is 0 Å². The van der Waals surface area contributed by atoms with E-state index in [0.717, 1.165) is 12.6 Å². The molecule has 0 aliphatic rings. The molecule has 0 unspecified atom stereocenters. The molecule has 5 nitrogen and oxygen atoms in total. The number of aliphatic hydroxyl groups is 1. The highest BCUT2D eigenvalue weighted by Crippen LogP contribution is 2.12. The number of nitrogens with zero attached hydrogens (tertiary/aromatic N) is 1. The molecule has 0 atom stereocenters. The Bertz CT molecular complexity index is 135. The quantitative estimate of drug-likeness (QED) is 0.577. The average molecular weight is 223 g/mol. The highest BCUT2D eigenvalue weighted by atomic mass is 28.4. The highest BCUT2D eigenvalue weighted by Gasteiger charge is 2.37. The number of likely N-dealkylation sites (N-methyl/N-ethyl adjacent to an activating group) is 1. The number of rotatable bonds is 8. The molecule has 0 aromatic heterocycles. The second-order valence-corrected chi connectivity index (χ2v) is 6.16. The molecule has 0 rings (SSSR count). The molecule has 0 saturated heterocycles. The van der Waals surface area contributed by atoms with Gasteiger partial charge in [0.05, 0.1) is 6.61 Å². The second-order valence-electron chi connectivity index (χ2n) is 3.07. The lowest BCUT2D eigenvalue weighted by Gasteiger charge is -2.26. The van der Waals surface area contributed by atoms with E-state index in [9.17, 15) is 0 Å². The summed E-state index contributed by atoms with van der Waals surface area (Å²) in [5, 5.41) is 8.71. The smallest absolute Gasteiger partial charge is 0.395 e. The first kappa shape index (κ1) is 14.0. The van der Waals surface area contributed by atoms with Crippen LogP contribution in [0.15, 0.2) is 0 Å². The second kappa shape index (κ2) is 7.33. The zero-order valence-corrected chi connectivity index (χ0v) is 10.4. The van der Waals surface area contributed by atoms with Crippen LogP contribution in [0.1, 0.15) is 0 Å². The van der Waals surface area contributed by atoms with E-state index in [1.54, 1.807) is 21.3 Å². The van der Waals surface area contributed by atoms with Crippen molar-refractivity contribution < 1.29 is 18.4 Å². The molecule has 0 aromatic rings. The average Bonchev–Trinajstić information content (AvgIpc) is 2.21. The standard InChI is InChI=1S/C8H21NO4Si/c1-9(5-7-10)6-8-14(11-2,12-3)13-4/h10H,5-8H2,1-4H3. The highest BCUT2D eigenvalue weighted by molar-refractivity contribution is 6.60. The minimum Gasteiger partial charge on any atom is -0.395 e. The SMILES string of the molecule is CO[Si](CCN(C)CCO)(OC)OC. The fourth-order valence-corrected chi connectivity index (χ4v) is 2.93. The normalized spacial score (nSPS) is 12.4. The van der Waals surface area contributed by atoms with E-state index >= 15 is 0 Å². The molecule has 0 spiro atoms. The van der Waals surface area contributed by atoms with Crippen LogP contribution < -0.4 is 0 Å². The number of hydrogen-bond donors (Lipinski definition) is 1. The van der Waals surface area contributed by atoms with E-state index < -0.39 is 8.80 Å². The summed E-state index contributed by atoms with van der Waals surface area (Å²) in [5.41, 5.74) is 0. The maximum atomic E-state index is 8.71.